The Bertz CT molecular complexity index is 683. The molecule has 0 amide bonds. The second kappa shape index (κ2) is 3.90. The largest absolute Gasteiger partial charge is 0.355 e. The van der Waals surface area contributed by atoms with Crippen molar-refractivity contribution in [2.24, 2.45) is 11.8 Å². The molecule has 2 unspecified atom stereocenters. The van der Waals surface area contributed by atoms with Crippen LogP contribution in [0.2, 0.25) is 10.4 Å². The first kappa shape index (κ1) is 11.6. The van der Waals surface area contributed by atoms with Gasteiger partial charge in [-0.3, -0.25) is 0 Å². The number of piperidine rings is 1. The summed E-state index contributed by atoms with van der Waals surface area (Å²) in [4.78, 5) is 14.1. The Morgan fingerprint density at radius 2 is 1.95 bits per heavy atom. The average Bonchev–Trinajstić information content (AvgIpc) is 3.00. The van der Waals surface area contributed by atoms with Gasteiger partial charge in [0.25, 0.3) is 0 Å². The number of hydrogen-bond donors (Lipinski definition) is 0. The summed E-state index contributed by atoms with van der Waals surface area (Å²) in [5.41, 5.74) is 0.135. The summed E-state index contributed by atoms with van der Waals surface area (Å²) in [7, 11) is 0. The Balaban J connectivity index is 1.92. The predicted octanol–water partition coefficient (Wildman–Crippen LogP) is 2.93. The van der Waals surface area contributed by atoms with E-state index in [1.807, 2.05) is 0 Å². The molecule has 2 atom stereocenters. The van der Waals surface area contributed by atoms with Crippen LogP contribution in [0.1, 0.15) is 6.42 Å². The fourth-order valence-corrected chi connectivity index (χ4v) is 3.11. The molecule has 2 aromatic rings. The quantitative estimate of drug-likeness (QED) is 0.600. The van der Waals surface area contributed by atoms with E-state index >= 15 is 0 Å². The van der Waals surface area contributed by atoms with Gasteiger partial charge in [0.15, 0.2) is 11.0 Å². The summed E-state index contributed by atoms with van der Waals surface area (Å²) >= 11 is 11.6. The van der Waals surface area contributed by atoms with Crippen LogP contribution >= 0.6 is 23.2 Å². The highest BCUT2D eigenvalue weighted by atomic mass is 35.5. The van der Waals surface area contributed by atoms with E-state index < -0.39 is 5.82 Å². The van der Waals surface area contributed by atoms with Crippen molar-refractivity contribution in [1.82, 2.24) is 15.0 Å². The maximum atomic E-state index is 14.0. The molecule has 1 saturated heterocycles. The molecule has 0 N–H and O–H groups in total. The zero-order chi connectivity index (χ0) is 13.1. The van der Waals surface area contributed by atoms with Gasteiger partial charge >= 0.3 is 0 Å². The van der Waals surface area contributed by atoms with E-state index in [2.05, 4.69) is 19.9 Å². The fraction of sp³-hybridized carbons (Fsp3) is 0.417. The number of aromatic nitrogens is 3. The second-order valence-electron chi connectivity index (χ2n) is 5.10. The first-order chi connectivity index (χ1) is 9.13. The van der Waals surface area contributed by atoms with Crippen LogP contribution in [0.5, 0.6) is 0 Å². The molecular formula is C12H9Cl2FN4. The number of halogens is 3. The summed E-state index contributed by atoms with van der Waals surface area (Å²) in [6.07, 6.45) is 2.79. The van der Waals surface area contributed by atoms with Gasteiger partial charge in [0.2, 0.25) is 5.28 Å². The van der Waals surface area contributed by atoms with E-state index in [1.165, 1.54) is 12.6 Å². The zero-order valence-electron chi connectivity index (χ0n) is 9.78. The predicted molar refractivity (Wildman–Crippen MR) is 71.1 cm³/mol. The van der Waals surface area contributed by atoms with Crippen LogP contribution in [0.3, 0.4) is 0 Å². The van der Waals surface area contributed by atoms with E-state index in [4.69, 9.17) is 23.2 Å². The zero-order valence-corrected chi connectivity index (χ0v) is 11.3. The Morgan fingerprint density at radius 1 is 1.21 bits per heavy atom. The first-order valence-corrected chi connectivity index (χ1v) is 6.81. The van der Waals surface area contributed by atoms with Crippen molar-refractivity contribution in [2.45, 2.75) is 6.42 Å². The van der Waals surface area contributed by atoms with Gasteiger partial charge in [-0.25, -0.2) is 14.4 Å². The Kier molecular flexibility index (Phi) is 2.38. The Morgan fingerprint density at radius 3 is 2.68 bits per heavy atom. The van der Waals surface area contributed by atoms with Crippen LogP contribution < -0.4 is 4.90 Å². The number of pyridine rings is 1. The number of fused-ring (bicyclic) bond motifs is 2. The van der Waals surface area contributed by atoms with Gasteiger partial charge in [-0.1, -0.05) is 11.6 Å². The summed E-state index contributed by atoms with van der Waals surface area (Å²) in [5.74, 6) is 1.50. The average molecular weight is 299 g/mol. The highest BCUT2D eigenvalue weighted by Crippen LogP contribution is 2.47. The molecule has 7 heteroatoms. The maximum absolute atomic E-state index is 14.0. The van der Waals surface area contributed by atoms with Gasteiger partial charge < -0.3 is 4.90 Å². The van der Waals surface area contributed by atoms with Gasteiger partial charge in [-0.05, 0) is 29.9 Å². The molecule has 4 nitrogen and oxygen atoms in total. The molecule has 1 saturated carbocycles. The molecule has 4 rings (SSSR count). The summed E-state index contributed by atoms with van der Waals surface area (Å²) in [6, 6.07) is 0. The fourth-order valence-electron chi connectivity index (χ4n) is 2.80. The number of hydrogen-bond acceptors (Lipinski definition) is 4. The molecule has 0 aromatic carbocycles. The van der Waals surface area contributed by atoms with Gasteiger partial charge in [-0.15, -0.1) is 0 Å². The number of rotatable bonds is 1. The third-order valence-electron chi connectivity index (χ3n) is 3.87. The third kappa shape index (κ3) is 1.75. The van der Waals surface area contributed by atoms with Crippen molar-refractivity contribution in [2.75, 3.05) is 18.0 Å². The van der Waals surface area contributed by atoms with E-state index in [-0.39, 0.29) is 16.0 Å². The van der Waals surface area contributed by atoms with Crippen LogP contribution in [-0.4, -0.2) is 28.0 Å². The topological polar surface area (TPSA) is 41.9 Å². The lowest BCUT2D eigenvalue weighted by Crippen LogP contribution is -2.23. The first-order valence-electron chi connectivity index (χ1n) is 6.05. The molecule has 2 aliphatic rings. The molecule has 2 fully saturated rings. The van der Waals surface area contributed by atoms with Crippen LogP contribution in [0.4, 0.5) is 10.2 Å². The molecule has 2 aromatic heterocycles. The lowest BCUT2D eigenvalue weighted by molar-refractivity contribution is 0.631. The number of anilines is 1. The highest BCUT2D eigenvalue weighted by Gasteiger charge is 2.45. The van der Waals surface area contributed by atoms with Crippen LogP contribution in [-0.2, 0) is 0 Å². The van der Waals surface area contributed by atoms with Gasteiger partial charge in [-0.2, -0.15) is 4.98 Å². The molecule has 0 spiro atoms. The number of nitrogens with zero attached hydrogens (tertiary/aromatic N) is 4. The van der Waals surface area contributed by atoms with Gasteiger partial charge in [0.05, 0.1) is 5.39 Å². The minimum absolute atomic E-state index is 0.0317. The smallest absolute Gasteiger partial charge is 0.225 e. The summed E-state index contributed by atoms with van der Waals surface area (Å²) < 4.78 is 14.0. The molecule has 98 valence electrons. The standard InChI is InChI=1S/C12H9Cl2FN4/c13-10-8(15)9-7(2-16-10)11(18-12(14)17-9)19-3-5-1-6(5)4-19/h2,5-6H,1,3-4H2. The minimum Gasteiger partial charge on any atom is -0.355 e. The lowest BCUT2D eigenvalue weighted by Gasteiger charge is -2.20. The van der Waals surface area contributed by atoms with Crippen LogP contribution in [0.25, 0.3) is 10.9 Å². The Hall–Kier alpha value is -1.20. The summed E-state index contributed by atoms with van der Waals surface area (Å²) in [6.45, 7) is 1.88. The maximum Gasteiger partial charge on any atom is 0.225 e. The molecule has 3 heterocycles. The molecular weight excluding hydrogens is 290 g/mol. The third-order valence-corrected chi connectivity index (χ3v) is 4.31. The minimum atomic E-state index is -0.644. The van der Waals surface area contributed by atoms with E-state index in [0.29, 0.717) is 11.2 Å². The van der Waals surface area contributed by atoms with E-state index in [0.717, 1.165) is 24.9 Å². The second-order valence-corrected chi connectivity index (χ2v) is 5.80. The molecule has 0 radical (unpaired) electrons. The van der Waals surface area contributed by atoms with Crippen molar-refractivity contribution < 1.29 is 4.39 Å². The molecule has 0 bridgehead atoms. The van der Waals surface area contributed by atoms with Crippen molar-refractivity contribution in [1.29, 1.82) is 0 Å². The summed E-state index contributed by atoms with van der Waals surface area (Å²) in [5, 5.41) is 0.398. The molecule has 1 aliphatic carbocycles. The molecule has 1 aliphatic heterocycles. The lowest BCUT2D eigenvalue weighted by atomic mass is 10.2. The van der Waals surface area contributed by atoms with Crippen LogP contribution in [0, 0.1) is 17.7 Å². The van der Waals surface area contributed by atoms with Crippen LogP contribution in [0.15, 0.2) is 6.20 Å². The SMILES string of the molecule is Fc1c(Cl)ncc2c(N3CC4CC4C3)nc(Cl)nc12. The van der Waals surface area contributed by atoms with Crippen molar-refractivity contribution >= 4 is 39.9 Å². The van der Waals surface area contributed by atoms with Crippen molar-refractivity contribution in [3.8, 4) is 0 Å². The van der Waals surface area contributed by atoms with E-state index in [9.17, 15) is 4.39 Å². The normalized spacial score (nSPS) is 24.9. The van der Waals surface area contributed by atoms with Crippen molar-refractivity contribution in [3.05, 3.63) is 22.5 Å². The molecule has 19 heavy (non-hydrogen) atoms. The Labute approximate surface area is 118 Å². The van der Waals surface area contributed by atoms with Crippen molar-refractivity contribution in [3.63, 3.8) is 0 Å². The van der Waals surface area contributed by atoms with E-state index in [1.54, 1.807) is 0 Å². The van der Waals surface area contributed by atoms with Gasteiger partial charge in [0.1, 0.15) is 11.3 Å². The van der Waals surface area contributed by atoms with Gasteiger partial charge in [0, 0.05) is 19.3 Å². The monoisotopic (exact) mass is 298 g/mol. The highest BCUT2D eigenvalue weighted by molar-refractivity contribution is 6.30.